The van der Waals surface area contributed by atoms with Crippen molar-refractivity contribution in [3.63, 3.8) is 0 Å². The minimum atomic E-state index is -0.554. The number of nitrogens with one attached hydrogen (secondary N) is 2. The minimum absolute atomic E-state index is 0.0125. The monoisotopic (exact) mass is 437 g/mol. The Balaban J connectivity index is 1.67. The number of non-ortho nitro benzene ring substituents is 1. The summed E-state index contributed by atoms with van der Waals surface area (Å²) in [6.07, 6.45) is 0.0210. The molecule has 1 unspecified atom stereocenters. The van der Waals surface area contributed by atoms with Crippen LogP contribution in [-0.4, -0.2) is 16.7 Å². The molecule has 7 nitrogen and oxygen atoms in total. The SMILES string of the molecule is O=C(CC(NC(=O)c1ccccc1Cl)c1ccccc1)NCc1ccc([N+](=O)[O-])cc1. The highest BCUT2D eigenvalue weighted by atomic mass is 35.5. The molecule has 3 aromatic carbocycles. The summed E-state index contributed by atoms with van der Waals surface area (Å²) in [5.74, 6) is -0.644. The number of halogens is 1. The van der Waals surface area contributed by atoms with Crippen LogP contribution in [0.2, 0.25) is 5.02 Å². The Morgan fingerprint density at radius 2 is 1.58 bits per heavy atom. The lowest BCUT2D eigenvalue weighted by Crippen LogP contribution is -2.33. The van der Waals surface area contributed by atoms with E-state index >= 15 is 0 Å². The second-order valence-electron chi connectivity index (χ2n) is 6.82. The fraction of sp³-hybridized carbons (Fsp3) is 0.130. The summed E-state index contributed by atoms with van der Waals surface area (Å²) in [4.78, 5) is 35.5. The first-order valence-electron chi connectivity index (χ1n) is 9.54. The van der Waals surface area contributed by atoms with E-state index in [1.807, 2.05) is 30.3 Å². The van der Waals surface area contributed by atoms with Crippen molar-refractivity contribution in [2.45, 2.75) is 19.0 Å². The topological polar surface area (TPSA) is 101 Å². The first-order valence-corrected chi connectivity index (χ1v) is 9.92. The lowest BCUT2D eigenvalue weighted by atomic mass is 10.0. The lowest BCUT2D eigenvalue weighted by Gasteiger charge is -2.19. The van der Waals surface area contributed by atoms with Crippen LogP contribution in [0.4, 0.5) is 5.69 Å². The lowest BCUT2D eigenvalue weighted by molar-refractivity contribution is -0.384. The maximum atomic E-state index is 12.7. The Bertz CT molecular complexity index is 1070. The highest BCUT2D eigenvalue weighted by Crippen LogP contribution is 2.20. The Morgan fingerprint density at radius 3 is 2.23 bits per heavy atom. The van der Waals surface area contributed by atoms with Gasteiger partial charge in [0.15, 0.2) is 0 Å². The van der Waals surface area contributed by atoms with Crippen LogP contribution in [0.15, 0.2) is 78.9 Å². The molecule has 0 aliphatic rings. The van der Waals surface area contributed by atoms with Crippen LogP contribution < -0.4 is 10.6 Å². The molecule has 0 aliphatic carbocycles. The molecule has 0 saturated carbocycles. The summed E-state index contributed by atoms with van der Waals surface area (Å²) in [5, 5.41) is 16.7. The van der Waals surface area contributed by atoms with Crippen LogP contribution in [-0.2, 0) is 11.3 Å². The highest BCUT2D eigenvalue weighted by molar-refractivity contribution is 6.33. The van der Waals surface area contributed by atoms with Gasteiger partial charge < -0.3 is 10.6 Å². The van der Waals surface area contributed by atoms with Crippen LogP contribution in [0.5, 0.6) is 0 Å². The molecule has 3 rings (SSSR count). The van der Waals surface area contributed by atoms with Gasteiger partial charge in [-0.05, 0) is 23.3 Å². The van der Waals surface area contributed by atoms with Gasteiger partial charge in [-0.1, -0.05) is 66.2 Å². The molecule has 0 aliphatic heterocycles. The molecule has 3 aromatic rings. The molecule has 8 heteroatoms. The fourth-order valence-corrected chi connectivity index (χ4v) is 3.23. The normalized spacial score (nSPS) is 11.4. The van der Waals surface area contributed by atoms with E-state index in [-0.39, 0.29) is 30.5 Å². The van der Waals surface area contributed by atoms with Gasteiger partial charge in [-0.15, -0.1) is 0 Å². The van der Waals surface area contributed by atoms with Gasteiger partial charge in [-0.3, -0.25) is 19.7 Å². The molecule has 158 valence electrons. The third-order valence-electron chi connectivity index (χ3n) is 4.65. The summed E-state index contributed by atoms with van der Waals surface area (Å²) in [5.41, 5.74) is 1.83. The van der Waals surface area contributed by atoms with Crippen molar-refractivity contribution in [2.75, 3.05) is 0 Å². The van der Waals surface area contributed by atoms with E-state index in [4.69, 9.17) is 11.6 Å². The van der Waals surface area contributed by atoms with E-state index in [0.29, 0.717) is 10.6 Å². The summed E-state index contributed by atoms with van der Waals surface area (Å²) in [6, 6.07) is 21.3. The fourth-order valence-electron chi connectivity index (χ4n) is 3.01. The molecule has 2 amide bonds. The van der Waals surface area contributed by atoms with Crippen molar-refractivity contribution < 1.29 is 14.5 Å². The van der Waals surface area contributed by atoms with Gasteiger partial charge in [0, 0.05) is 18.7 Å². The molecular weight excluding hydrogens is 418 g/mol. The second kappa shape index (κ2) is 10.4. The van der Waals surface area contributed by atoms with Gasteiger partial charge >= 0.3 is 0 Å². The quantitative estimate of drug-likeness (QED) is 0.402. The zero-order valence-corrected chi connectivity index (χ0v) is 17.2. The second-order valence-corrected chi connectivity index (χ2v) is 7.23. The van der Waals surface area contributed by atoms with Crippen LogP contribution in [0, 0.1) is 10.1 Å². The number of amides is 2. The van der Waals surface area contributed by atoms with Gasteiger partial charge in [0.25, 0.3) is 11.6 Å². The smallest absolute Gasteiger partial charge is 0.269 e. The largest absolute Gasteiger partial charge is 0.352 e. The van der Waals surface area contributed by atoms with Crippen molar-refractivity contribution in [1.82, 2.24) is 10.6 Å². The van der Waals surface area contributed by atoms with Gasteiger partial charge in [-0.2, -0.15) is 0 Å². The Hall–Kier alpha value is -3.71. The zero-order chi connectivity index (χ0) is 22.2. The first-order chi connectivity index (χ1) is 14.9. The number of nitrogens with zero attached hydrogens (tertiary/aromatic N) is 1. The predicted molar refractivity (Wildman–Crippen MR) is 118 cm³/mol. The number of rotatable bonds is 8. The number of carbonyl (C=O) groups is 2. The summed E-state index contributed by atoms with van der Waals surface area (Å²) < 4.78 is 0. The highest BCUT2D eigenvalue weighted by Gasteiger charge is 2.20. The van der Waals surface area contributed by atoms with Crippen LogP contribution in [0.1, 0.15) is 33.9 Å². The van der Waals surface area contributed by atoms with Gasteiger partial charge in [-0.25, -0.2) is 0 Å². The molecule has 0 aromatic heterocycles. The third-order valence-corrected chi connectivity index (χ3v) is 4.98. The summed E-state index contributed by atoms with van der Waals surface area (Å²) in [7, 11) is 0. The van der Waals surface area contributed by atoms with Crippen molar-refractivity contribution in [2.24, 2.45) is 0 Å². The maximum absolute atomic E-state index is 12.7. The van der Waals surface area contributed by atoms with Crippen molar-refractivity contribution in [3.8, 4) is 0 Å². The molecule has 0 bridgehead atoms. The van der Waals surface area contributed by atoms with E-state index in [2.05, 4.69) is 10.6 Å². The van der Waals surface area contributed by atoms with Crippen molar-refractivity contribution in [3.05, 3.63) is 111 Å². The van der Waals surface area contributed by atoms with Gasteiger partial charge in [0.05, 0.1) is 28.0 Å². The molecule has 0 radical (unpaired) electrons. The summed E-state index contributed by atoms with van der Waals surface area (Å²) in [6.45, 7) is 0.219. The van der Waals surface area contributed by atoms with Crippen LogP contribution in [0.25, 0.3) is 0 Å². The molecular formula is C23H20ClN3O4. The minimum Gasteiger partial charge on any atom is -0.352 e. The van der Waals surface area contributed by atoms with Gasteiger partial charge in [0.1, 0.15) is 0 Å². The maximum Gasteiger partial charge on any atom is 0.269 e. The van der Waals surface area contributed by atoms with Gasteiger partial charge in [0.2, 0.25) is 5.91 Å². The predicted octanol–water partition coefficient (Wildman–Crippen LogP) is 4.43. The van der Waals surface area contributed by atoms with E-state index in [0.717, 1.165) is 11.1 Å². The average Bonchev–Trinajstić information content (AvgIpc) is 2.78. The zero-order valence-electron chi connectivity index (χ0n) is 16.5. The number of hydrogen-bond donors (Lipinski definition) is 2. The molecule has 0 spiro atoms. The van der Waals surface area contributed by atoms with Crippen molar-refractivity contribution in [1.29, 1.82) is 0 Å². The van der Waals surface area contributed by atoms with E-state index in [1.54, 1.807) is 36.4 Å². The number of nitro benzene ring substituents is 1. The molecule has 0 fully saturated rings. The van der Waals surface area contributed by atoms with E-state index in [9.17, 15) is 19.7 Å². The Morgan fingerprint density at radius 1 is 0.935 bits per heavy atom. The Labute approximate surface area is 184 Å². The van der Waals surface area contributed by atoms with Crippen LogP contribution in [0.3, 0.4) is 0 Å². The third kappa shape index (κ3) is 6.13. The number of benzene rings is 3. The van der Waals surface area contributed by atoms with E-state index in [1.165, 1.54) is 12.1 Å². The Kier molecular flexibility index (Phi) is 7.35. The molecule has 1 atom stereocenters. The number of carbonyl (C=O) groups excluding carboxylic acids is 2. The molecule has 31 heavy (non-hydrogen) atoms. The van der Waals surface area contributed by atoms with Crippen molar-refractivity contribution >= 4 is 29.1 Å². The first kappa shape index (κ1) is 22.0. The average molecular weight is 438 g/mol. The number of hydrogen-bond acceptors (Lipinski definition) is 4. The van der Waals surface area contributed by atoms with Crippen LogP contribution >= 0.6 is 11.6 Å². The summed E-state index contributed by atoms with van der Waals surface area (Å²) >= 11 is 6.12. The number of nitro groups is 1. The molecule has 0 saturated heterocycles. The standard InChI is InChI=1S/C23H20ClN3O4/c24-20-9-5-4-8-19(20)23(29)26-21(17-6-2-1-3-7-17)14-22(28)25-15-16-10-12-18(13-11-16)27(30)31/h1-13,21H,14-15H2,(H,25,28)(H,26,29). The molecule has 2 N–H and O–H groups in total. The van der Waals surface area contributed by atoms with E-state index < -0.39 is 11.0 Å². The molecule has 0 heterocycles.